The quantitative estimate of drug-likeness (QED) is 0.816. The largest absolute Gasteiger partial charge is 0.358 e. The predicted molar refractivity (Wildman–Crippen MR) is 79.3 cm³/mol. The molecule has 0 saturated heterocycles. The molecule has 0 amide bonds. The molecule has 0 aliphatic carbocycles. The molecule has 1 aromatic rings. The smallest absolute Gasteiger partial charge is 0.149 e. The zero-order chi connectivity index (χ0) is 14.5. The fourth-order valence-electron chi connectivity index (χ4n) is 1.89. The highest BCUT2D eigenvalue weighted by Crippen LogP contribution is 2.22. The minimum absolute atomic E-state index is 0.134. The lowest BCUT2D eigenvalue weighted by Crippen LogP contribution is -2.28. The van der Waals surface area contributed by atoms with Crippen LogP contribution in [0.4, 0.5) is 5.82 Å². The molecule has 5 nitrogen and oxygen atoms in total. The van der Waals surface area contributed by atoms with Gasteiger partial charge in [0.05, 0.1) is 5.75 Å². The van der Waals surface area contributed by atoms with Gasteiger partial charge in [0.1, 0.15) is 15.7 Å². The van der Waals surface area contributed by atoms with E-state index in [2.05, 4.69) is 24.1 Å². The third-order valence-electron chi connectivity index (χ3n) is 2.95. The van der Waals surface area contributed by atoms with Gasteiger partial charge in [0.15, 0.2) is 0 Å². The molecule has 1 rings (SSSR count). The summed E-state index contributed by atoms with van der Waals surface area (Å²) >= 11 is 0. The van der Waals surface area contributed by atoms with E-state index < -0.39 is 9.84 Å². The highest BCUT2D eigenvalue weighted by molar-refractivity contribution is 7.90. The van der Waals surface area contributed by atoms with Gasteiger partial charge in [-0.3, -0.25) is 0 Å². The number of anilines is 1. The second-order valence-corrected chi connectivity index (χ2v) is 7.01. The number of nitrogens with one attached hydrogen (secondary N) is 1. The third-order valence-corrected chi connectivity index (χ3v) is 3.88. The van der Waals surface area contributed by atoms with E-state index in [1.807, 2.05) is 24.1 Å². The number of sulfone groups is 1. The molecule has 0 aliphatic heterocycles. The van der Waals surface area contributed by atoms with Crippen molar-refractivity contribution < 1.29 is 8.42 Å². The van der Waals surface area contributed by atoms with Crippen LogP contribution in [0.2, 0.25) is 0 Å². The van der Waals surface area contributed by atoms with Gasteiger partial charge in [-0.15, -0.1) is 0 Å². The summed E-state index contributed by atoms with van der Waals surface area (Å²) in [5.41, 5.74) is 1.08. The Morgan fingerprint density at radius 2 is 2.16 bits per heavy atom. The fourth-order valence-corrected chi connectivity index (χ4v) is 2.50. The molecule has 1 aromatic heterocycles. The standard InChI is InChI=1S/C13H23N3O2S/c1-5-14-11(2)12-7-6-8-15-13(12)16(3)9-10-19(4,17)18/h6-8,11,14H,5,9-10H2,1-4H3. The van der Waals surface area contributed by atoms with Crippen molar-refractivity contribution in [1.29, 1.82) is 0 Å². The summed E-state index contributed by atoms with van der Waals surface area (Å²) < 4.78 is 22.5. The highest BCUT2D eigenvalue weighted by atomic mass is 32.2. The SMILES string of the molecule is CCNC(C)c1cccnc1N(C)CCS(C)(=O)=O. The van der Waals surface area contributed by atoms with Gasteiger partial charge < -0.3 is 10.2 Å². The van der Waals surface area contributed by atoms with Crippen molar-refractivity contribution in [2.24, 2.45) is 0 Å². The Hall–Kier alpha value is -1.14. The first-order valence-electron chi connectivity index (χ1n) is 6.42. The zero-order valence-electron chi connectivity index (χ0n) is 12.0. The van der Waals surface area contributed by atoms with E-state index in [0.29, 0.717) is 6.54 Å². The molecule has 108 valence electrons. The van der Waals surface area contributed by atoms with E-state index in [4.69, 9.17) is 0 Å². The van der Waals surface area contributed by atoms with Crippen LogP contribution in [-0.2, 0) is 9.84 Å². The minimum Gasteiger partial charge on any atom is -0.358 e. The lowest BCUT2D eigenvalue weighted by Gasteiger charge is -2.23. The minimum atomic E-state index is -2.96. The Labute approximate surface area is 116 Å². The van der Waals surface area contributed by atoms with Crippen LogP contribution in [-0.4, -0.2) is 45.5 Å². The van der Waals surface area contributed by atoms with E-state index in [0.717, 1.165) is 17.9 Å². The predicted octanol–water partition coefficient (Wildman–Crippen LogP) is 1.23. The van der Waals surface area contributed by atoms with Crippen molar-refractivity contribution in [2.75, 3.05) is 37.0 Å². The van der Waals surface area contributed by atoms with Crippen molar-refractivity contribution in [1.82, 2.24) is 10.3 Å². The first-order chi connectivity index (χ1) is 8.85. The van der Waals surface area contributed by atoms with E-state index in [1.54, 1.807) is 6.20 Å². The molecule has 1 atom stereocenters. The normalized spacial score (nSPS) is 13.3. The van der Waals surface area contributed by atoms with Crippen molar-refractivity contribution in [3.8, 4) is 0 Å². The van der Waals surface area contributed by atoms with Crippen LogP contribution in [0.1, 0.15) is 25.5 Å². The average Bonchev–Trinajstić information content (AvgIpc) is 2.35. The van der Waals surface area contributed by atoms with Crippen LogP contribution in [0.5, 0.6) is 0 Å². The number of rotatable bonds is 7. The van der Waals surface area contributed by atoms with Crippen molar-refractivity contribution in [3.63, 3.8) is 0 Å². The fraction of sp³-hybridized carbons (Fsp3) is 0.615. The van der Waals surface area contributed by atoms with Gasteiger partial charge in [0.25, 0.3) is 0 Å². The monoisotopic (exact) mass is 285 g/mol. The Morgan fingerprint density at radius 1 is 1.47 bits per heavy atom. The third kappa shape index (κ3) is 5.16. The van der Waals surface area contributed by atoms with Crippen molar-refractivity contribution in [3.05, 3.63) is 23.9 Å². The summed E-state index contributed by atoms with van der Waals surface area (Å²) in [6, 6.07) is 4.11. The van der Waals surface area contributed by atoms with Crippen LogP contribution in [0.25, 0.3) is 0 Å². The molecule has 19 heavy (non-hydrogen) atoms. The van der Waals surface area contributed by atoms with Crippen molar-refractivity contribution in [2.45, 2.75) is 19.9 Å². The highest BCUT2D eigenvalue weighted by Gasteiger charge is 2.14. The molecule has 0 aromatic carbocycles. The van der Waals surface area contributed by atoms with Crippen LogP contribution < -0.4 is 10.2 Å². The van der Waals surface area contributed by atoms with Gasteiger partial charge in [-0.25, -0.2) is 13.4 Å². The number of aromatic nitrogens is 1. The average molecular weight is 285 g/mol. The van der Waals surface area contributed by atoms with Crippen LogP contribution in [0.15, 0.2) is 18.3 Å². The number of hydrogen-bond donors (Lipinski definition) is 1. The van der Waals surface area contributed by atoms with Gasteiger partial charge in [-0.2, -0.15) is 0 Å². The topological polar surface area (TPSA) is 62.3 Å². The molecule has 0 aliphatic rings. The molecule has 1 N–H and O–H groups in total. The van der Waals surface area contributed by atoms with E-state index in [-0.39, 0.29) is 11.8 Å². The molecule has 6 heteroatoms. The summed E-state index contributed by atoms with van der Waals surface area (Å²) in [6.45, 7) is 5.46. The van der Waals surface area contributed by atoms with Gasteiger partial charge in [-0.05, 0) is 19.5 Å². The number of nitrogens with zero attached hydrogens (tertiary/aromatic N) is 2. The van der Waals surface area contributed by atoms with Crippen molar-refractivity contribution >= 4 is 15.7 Å². The Balaban J connectivity index is 2.87. The maximum atomic E-state index is 11.2. The summed E-state index contributed by atoms with van der Waals surface area (Å²) in [5.74, 6) is 0.967. The Bertz CT molecular complexity index is 502. The Morgan fingerprint density at radius 3 is 2.74 bits per heavy atom. The summed E-state index contributed by atoms with van der Waals surface area (Å²) in [5, 5.41) is 3.34. The second kappa shape index (κ2) is 6.86. The molecular weight excluding hydrogens is 262 g/mol. The molecule has 1 heterocycles. The van der Waals surface area contributed by atoms with E-state index >= 15 is 0 Å². The van der Waals surface area contributed by atoms with Gasteiger partial charge >= 0.3 is 0 Å². The summed E-state index contributed by atoms with van der Waals surface area (Å²) in [4.78, 5) is 6.27. The van der Waals surface area contributed by atoms with E-state index in [1.165, 1.54) is 6.26 Å². The summed E-state index contributed by atoms with van der Waals surface area (Å²) in [6.07, 6.45) is 2.98. The molecule has 0 radical (unpaired) electrons. The second-order valence-electron chi connectivity index (χ2n) is 4.75. The molecule has 0 saturated carbocycles. The van der Waals surface area contributed by atoms with Crippen LogP contribution in [0, 0.1) is 0 Å². The maximum Gasteiger partial charge on any atom is 0.149 e. The molecular formula is C13H23N3O2S. The van der Waals surface area contributed by atoms with Crippen LogP contribution in [0.3, 0.4) is 0 Å². The first-order valence-corrected chi connectivity index (χ1v) is 8.48. The zero-order valence-corrected chi connectivity index (χ0v) is 12.9. The maximum absolute atomic E-state index is 11.2. The Kier molecular flexibility index (Phi) is 5.75. The summed E-state index contributed by atoms with van der Waals surface area (Å²) in [7, 11) is -1.08. The molecule has 0 spiro atoms. The lowest BCUT2D eigenvalue weighted by molar-refractivity contribution is 0.593. The van der Waals surface area contributed by atoms with Gasteiger partial charge in [-0.1, -0.05) is 13.0 Å². The van der Waals surface area contributed by atoms with Gasteiger partial charge in [0.2, 0.25) is 0 Å². The number of hydrogen-bond acceptors (Lipinski definition) is 5. The molecule has 0 bridgehead atoms. The van der Waals surface area contributed by atoms with Gasteiger partial charge in [0, 0.05) is 37.7 Å². The first kappa shape index (κ1) is 15.9. The lowest BCUT2D eigenvalue weighted by atomic mass is 10.1. The van der Waals surface area contributed by atoms with E-state index in [9.17, 15) is 8.42 Å². The molecule has 0 fully saturated rings. The molecule has 1 unspecified atom stereocenters. The number of pyridine rings is 1. The van der Waals surface area contributed by atoms with Crippen LogP contribution >= 0.6 is 0 Å².